The molecule has 0 spiro atoms. The molecule has 0 radical (unpaired) electrons. The lowest BCUT2D eigenvalue weighted by molar-refractivity contribution is 1.32. The van der Waals surface area contributed by atoms with E-state index < -0.39 is 0 Å². The van der Waals surface area contributed by atoms with Gasteiger partial charge in [-0.25, -0.2) is 0 Å². The third-order valence-electron chi connectivity index (χ3n) is 6.79. The maximum Gasteiger partial charge on any atom is -0.00210 e. The van der Waals surface area contributed by atoms with Crippen LogP contribution < -0.4 is 0 Å². The van der Waals surface area contributed by atoms with E-state index in [1.165, 1.54) is 77.2 Å². The Morgan fingerprint density at radius 2 is 0.594 bits per heavy atom. The van der Waals surface area contributed by atoms with E-state index >= 15 is 0 Å². The van der Waals surface area contributed by atoms with Gasteiger partial charge in [0, 0.05) is 0 Å². The van der Waals surface area contributed by atoms with Gasteiger partial charge in [0.05, 0.1) is 0 Å². The molecule has 0 heterocycles. The molecule has 5 aromatic rings. The Balaban J connectivity index is 2.04. The molecule has 0 aliphatic rings. The van der Waals surface area contributed by atoms with Crippen LogP contribution in [-0.4, -0.2) is 0 Å². The second-order valence-electron chi connectivity index (χ2n) is 9.39. The molecular formula is C32H30. The molecule has 0 aromatic heterocycles. The Morgan fingerprint density at radius 3 is 0.844 bits per heavy atom. The van der Waals surface area contributed by atoms with Gasteiger partial charge in [-0.3, -0.25) is 0 Å². The molecule has 5 rings (SSSR count). The van der Waals surface area contributed by atoms with Gasteiger partial charge in [-0.05, 0) is 108 Å². The molecule has 0 fully saturated rings. The molecule has 32 heavy (non-hydrogen) atoms. The molecule has 0 unspecified atom stereocenters. The summed E-state index contributed by atoms with van der Waals surface area (Å²) in [5.41, 5.74) is 13.5. The monoisotopic (exact) mass is 414 g/mol. The lowest BCUT2D eigenvalue weighted by Gasteiger charge is -2.22. The van der Waals surface area contributed by atoms with Crippen LogP contribution >= 0.6 is 0 Å². The van der Waals surface area contributed by atoms with Crippen molar-refractivity contribution in [3.8, 4) is 22.3 Å². The van der Waals surface area contributed by atoms with E-state index in [0.717, 1.165) is 0 Å². The highest BCUT2D eigenvalue weighted by Crippen LogP contribution is 2.46. The first-order valence-corrected chi connectivity index (χ1v) is 11.5. The molecule has 0 aliphatic carbocycles. The van der Waals surface area contributed by atoms with E-state index in [-0.39, 0.29) is 0 Å². The summed E-state index contributed by atoms with van der Waals surface area (Å²) < 4.78 is 0. The van der Waals surface area contributed by atoms with Crippen LogP contribution in [0.3, 0.4) is 0 Å². The maximum atomic E-state index is 2.31. The zero-order valence-electron chi connectivity index (χ0n) is 19.9. The van der Waals surface area contributed by atoms with Gasteiger partial charge < -0.3 is 0 Å². The summed E-state index contributed by atoms with van der Waals surface area (Å²) in [5.74, 6) is 0. The fourth-order valence-electron chi connectivity index (χ4n) is 5.82. The van der Waals surface area contributed by atoms with E-state index in [0.29, 0.717) is 0 Å². The third-order valence-corrected chi connectivity index (χ3v) is 6.79. The smallest absolute Gasteiger partial charge is 0.00210 e. The number of aryl methyl sites for hydroxylation is 6. The molecule has 0 saturated heterocycles. The van der Waals surface area contributed by atoms with Crippen LogP contribution in [0.5, 0.6) is 0 Å². The minimum Gasteiger partial charge on any atom is -0.0616 e. The van der Waals surface area contributed by atoms with Crippen molar-refractivity contribution >= 4 is 21.5 Å². The van der Waals surface area contributed by atoms with Crippen molar-refractivity contribution in [2.45, 2.75) is 41.5 Å². The molecule has 0 aliphatic heterocycles. The summed E-state index contributed by atoms with van der Waals surface area (Å²) in [4.78, 5) is 0. The lowest BCUT2D eigenvalue weighted by atomic mass is 9.81. The Morgan fingerprint density at radius 1 is 0.344 bits per heavy atom. The summed E-state index contributed by atoms with van der Waals surface area (Å²) in [5, 5.41) is 5.32. The highest BCUT2D eigenvalue weighted by Gasteiger charge is 2.20. The van der Waals surface area contributed by atoms with Crippen molar-refractivity contribution in [2.24, 2.45) is 0 Å². The average Bonchev–Trinajstić information content (AvgIpc) is 2.73. The normalized spacial score (nSPS) is 11.4. The van der Waals surface area contributed by atoms with Gasteiger partial charge in [-0.15, -0.1) is 0 Å². The third kappa shape index (κ3) is 3.14. The summed E-state index contributed by atoms with van der Waals surface area (Å²) in [7, 11) is 0. The van der Waals surface area contributed by atoms with Gasteiger partial charge in [-0.1, -0.05) is 83.9 Å². The van der Waals surface area contributed by atoms with Crippen LogP contribution in [-0.2, 0) is 0 Å². The molecular weight excluding hydrogens is 384 g/mol. The molecule has 0 saturated carbocycles. The van der Waals surface area contributed by atoms with Crippen LogP contribution in [0.2, 0.25) is 0 Å². The molecule has 0 atom stereocenters. The Hall–Kier alpha value is -3.38. The second kappa shape index (κ2) is 7.64. The van der Waals surface area contributed by atoms with E-state index in [2.05, 4.69) is 114 Å². The van der Waals surface area contributed by atoms with Crippen LogP contribution in [0.4, 0.5) is 0 Å². The van der Waals surface area contributed by atoms with Crippen molar-refractivity contribution < 1.29 is 0 Å². The van der Waals surface area contributed by atoms with Gasteiger partial charge in [0.2, 0.25) is 0 Å². The fraction of sp³-hybridized carbons (Fsp3) is 0.188. The fourth-order valence-corrected chi connectivity index (χ4v) is 5.82. The number of hydrogen-bond donors (Lipinski definition) is 0. The van der Waals surface area contributed by atoms with Crippen LogP contribution in [0, 0.1) is 41.5 Å². The van der Waals surface area contributed by atoms with Gasteiger partial charge >= 0.3 is 0 Å². The predicted octanol–water partition coefficient (Wildman–Crippen LogP) is 9.18. The van der Waals surface area contributed by atoms with Crippen LogP contribution in [0.15, 0.2) is 72.8 Å². The topological polar surface area (TPSA) is 0 Å². The van der Waals surface area contributed by atoms with E-state index in [9.17, 15) is 0 Å². The first-order valence-electron chi connectivity index (χ1n) is 11.5. The number of fused-ring (bicyclic) bond motifs is 2. The Labute approximate surface area is 191 Å². The highest BCUT2D eigenvalue weighted by atomic mass is 14.2. The SMILES string of the molecule is Cc1cc(C)c(-c2c3ccccc3c(-c3c(C)cc(C)cc3C)c3ccccc23)c(C)c1. The van der Waals surface area contributed by atoms with Gasteiger partial charge in [0.25, 0.3) is 0 Å². The molecule has 0 bridgehead atoms. The number of hydrogen-bond acceptors (Lipinski definition) is 0. The molecule has 0 heteroatoms. The van der Waals surface area contributed by atoms with Crippen molar-refractivity contribution in [1.82, 2.24) is 0 Å². The van der Waals surface area contributed by atoms with Crippen molar-refractivity contribution in [3.05, 3.63) is 106 Å². The minimum absolute atomic E-state index is 1.32. The molecule has 5 aromatic carbocycles. The van der Waals surface area contributed by atoms with Gasteiger partial charge in [-0.2, -0.15) is 0 Å². The highest BCUT2D eigenvalue weighted by molar-refractivity contribution is 6.22. The van der Waals surface area contributed by atoms with Crippen LogP contribution in [0.25, 0.3) is 43.8 Å². The first-order chi connectivity index (χ1) is 15.4. The molecule has 0 N–H and O–H groups in total. The van der Waals surface area contributed by atoms with Gasteiger partial charge in [0.1, 0.15) is 0 Å². The van der Waals surface area contributed by atoms with Crippen molar-refractivity contribution in [1.29, 1.82) is 0 Å². The predicted molar refractivity (Wildman–Crippen MR) is 141 cm³/mol. The first kappa shape index (κ1) is 20.5. The molecule has 0 nitrogen and oxygen atoms in total. The maximum absolute atomic E-state index is 2.31. The summed E-state index contributed by atoms with van der Waals surface area (Å²) in [6.07, 6.45) is 0. The van der Waals surface area contributed by atoms with Gasteiger partial charge in [0.15, 0.2) is 0 Å². The van der Waals surface area contributed by atoms with E-state index in [1.54, 1.807) is 0 Å². The minimum atomic E-state index is 1.32. The lowest BCUT2D eigenvalue weighted by Crippen LogP contribution is -1.97. The quantitative estimate of drug-likeness (QED) is 0.253. The summed E-state index contributed by atoms with van der Waals surface area (Å²) in [6.45, 7) is 13.4. The molecule has 158 valence electrons. The Kier molecular flexibility index (Phi) is 4.90. The van der Waals surface area contributed by atoms with E-state index in [1.807, 2.05) is 0 Å². The summed E-state index contributed by atoms with van der Waals surface area (Å²) in [6, 6.07) is 27.2. The zero-order chi connectivity index (χ0) is 22.6. The number of benzene rings is 5. The standard InChI is InChI=1S/C32H30/c1-19-15-21(3)29(22(4)16-19)31-25-11-7-9-13-27(25)32(28-14-10-8-12-26(28)31)30-23(5)17-20(2)18-24(30)6/h7-18H,1-6H3. The number of rotatable bonds is 2. The van der Waals surface area contributed by atoms with Crippen molar-refractivity contribution in [2.75, 3.05) is 0 Å². The second-order valence-corrected chi connectivity index (χ2v) is 9.39. The van der Waals surface area contributed by atoms with Crippen molar-refractivity contribution in [3.63, 3.8) is 0 Å². The molecule has 0 amide bonds. The van der Waals surface area contributed by atoms with Crippen LogP contribution in [0.1, 0.15) is 33.4 Å². The zero-order valence-corrected chi connectivity index (χ0v) is 19.9. The largest absolute Gasteiger partial charge is 0.0616 e. The summed E-state index contributed by atoms with van der Waals surface area (Å²) >= 11 is 0. The average molecular weight is 415 g/mol. The Bertz CT molecular complexity index is 1300. The van der Waals surface area contributed by atoms with E-state index in [4.69, 9.17) is 0 Å².